The van der Waals surface area contributed by atoms with Crippen LogP contribution < -0.4 is 0 Å². The van der Waals surface area contributed by atoms with Gasteiger partial charge in [0.15, 0.2) is 0 Å². The fourth-order valence-electron chi connectivity index (χ4n) is 1.63. The average molecular weight is 140 g/mol. The van der Waals surface area contributed by atoms with Gasteiger partial charge in [-0.25, -0.2) is 0 Å². The van der Waals surface area contributed by atoms with E-state index in [0.29, 0.717) is 0 Å². The van der Waals surface area contributed by atoms with Gasteiger partial charge in [-0.2, -0.15) is 0 Å². The molecule has 0 aromatic heterocycles. The van der Waals surface area contributed by atoms with E-state index in [1.54, 1.807) is 0 Å². The largest absolute Gasteiger partial charge is 0.393 e. The van der Waals surface area contributed by atoms with Crippen molar-refractivity contribution in [3.05, 3.63) is 12.2 Å². The zero-order valence-corrected chi connectivity index (χ0v) is 6.03. The number of fused-ring (bicyclic) bond motifs is 2. The Kier molecular flexibility index (Phi) is 1.32. The molecule has 4 atom stereocenters. The van der Waals surface area contributed by atoms with Crippen LogP contribution in [-0.4, -0.2) is 23.4 Å². The summed E-state index contributed by atoms with van der Waals surface area (Å²) in [6.45, 7) is 2.03. The van der Waals surface area contributed by atoms with Crippen LogP contribution in [-0.2, 0) is 4.74 Å². The summed E-state index contributed by atoms with van der Waals surface area (Å²) in [6.07, 6.45) is 5.08. The Labute approximate surface area is 60.5 Å². The Morgan fingerprint density at radius 3 is 3.10 bits per heavy atom. The summed E-state index contributed by atoms with van der Waals surface area (Å²) in [5.74, 6) is 0.273. The van der Waals surface area contributed by atoms with E-state index in [1.165, 1.54) is 0 Å². The lowest BCUT2D eigenvalue weighted by Gasteiger charge is -2.31. The molecule has 2 heterocycles. The van der Waals surface area contributed by atoms with Gasteiger partial charge in [0.25, 0.3) is 0 Å². The van der Waals surface area contributed by atoms with Gasteiger partial charge in [0.2, 0.25) is 0 Å². The molecule has 10 heavy (non-hydrogen) atoms. The third kappa shape index (κ3) is 0.796. The first-order chi connectivity index (χ1) is 4.77. The summed E-state index contributed by atoms with van der Waals surface area (Å²) < 4.78 is 5.51. The summed E-state index contributed by atoms with van der Waals surface area (Å²) in [7, 11) is 0. The monoisotopic (exact) mass is 140 g/mol. The Morgan fingerprint density at radius 1 is 1.50 bits per heavy atom. The van der Waals surface area contributed by atoms with Crippen LogP contribution in [0.1, 0.15) is 13.3 Å². The van der Waals surface area contributed by atoms with E-state index in [0.717, 1.165) is 6.42 Å². The van der Waals surface area contributed by atoms with Crippen LogP contribution in [0.4, 0.5) is 0 Å². The highest BCUT2D eigenvalue weighted by Gasteiger charge is 2.35. The molecule has 0 unspecified atom stereocenters. The Bertz CT molecular complexity index is 165. The molecule has 1 N–H and O–H groups in total. The van der Waals surface area contributed by atoms with Gasteiger partial charge in [0.05, 0.1) is 18.3 Å². The van der Waals surface area contributed by atoms with Crippen molar-refractivity contribution < 1.29 is 9.84 Å². The van der Waals surface area contributed by atoms with Crippen LogP contribution in [0.3, 0.4) is 0 Å². The summed E-state index contributed by atoms with van der Waals surface area (Å²) in [5, 5.41) is 9.44. The highest BCUT2D eigenvalue weighted by molar-refractivity contribution is 5.09. The molecule has 0 aromatic carbocycles. The van der Waals surface area contributed by atoms with E-state index in [-0.39, 0.29) is 24.2 Å². The van der Waals surface area contributed by atoms with E-state index in [1.807, 2.05) is 6.92 Å². The summed E-state index contributed by atoms with van der Waals surface area (Å²) in [5.41, 5.74) is 0. The lowest BCUT2D eigenvalue weighted by Crippen LogP contribution is -2.37. The first-order valence-electron chi connectivity index (χ1n) is 3.79. The molecule has 2 aliphatic heterocycles. The molecule has 2 heteroatoms. The minimum atomic E-state index is -0.168. The maximum absolute atomic E-state index is 9.44. The molecule has 0 amide bonds. The molecule has 56 valence electrons. The highest BCUT2D eigenvalue weighted by atomic mass is 16.5. The van der Waals surface area contributed by atoms with Crippen LogP contribution >= 0.6 is 0 Å². The normalized spacial score (nSPS) is 51.8. The van der Waals surface area contributed by atoms with E-state index < -0.39 is 0 Å². The van der Waals surface area contributed by atoms with E-state index >= 15 is 0 Å². The molecule has 2 bridgehead atoms. The number of aliphatic hydroxyl groups is 1. The van der Waals surface area contributed by atoms with Crippen LogP contribution in [0.5, 0.6) is 0 Å². The number of hydrogen-bond acceptors (Lipinski definition) is 2. The smallest absolute Gasteiger partial charge is 0.0815 e. The van der Waals surface area contributed by atoms with Gasteiger partial charge >= 0.3 is 0 Å². The maximum Gasteiger partial charge on any atom is 0.0815 e. The number of rotatable bonds is 0. The summed E-state index contributed by atoms with van der Waals surface area (Å²) in [4.78, 5) is 0. The SMILES string of the molecule is C[C@@H]1[C@@H](O)C[C@@H]2C=C[C@H]1O2. The average Bonchev–Trinajstić information content (AvgIpc) is 2.29. The molecule has 2 nitrogen and oxygen atoms in total. The van der Waals surface area contributed by atoms with E-state index in [9.17, 15) is 5.11 Å². The third-order valence-electron chi connectivity index (χ3n) is 2.45. The van der Waals surface area contributed by atoms with Gasteiger partial charge in [-0.1, -0.05) is 19.1 Å². The molecule has 0 saturated carbocycles. The van der Waals surface area contributed by atoms with Crippen molar-refractivity contribution in [2.45, 2.75) is 31.7 Å². The molecule has 0 aliphatic carbocycles. The Hall–Kier alpha value is -0.340. The van der Waals surface area contributed by atoms with Crippen LogP contribution in [0.2, 0.25) is 0 Å². The first kappa shape index (κ1) is 6.38. The van der Waals surface area contributed by atoms with Crippen molar-refractivity contribution in [1.29, 1.82) is 0 Å². The molecule has 0 radical (unpaired) electrons. The predicted octanol–water partition coefficient (Wildman–Crippen LogP) is 0.711. The molecule has 2 rings (SSSR count). The fourth-order valence-corrected chi connectivity index (χ4v) is 1.63. The third-order valence-corrected chi connectivity index (χ3v) is 2.45. The topological polar surface area (TPSA) is 29.5 Å². The van der Waals surface area contributed by atoms with Gasteiger partial charge < -0.3 is 9.84 Å². The van der Waals surface area contributed by atoms with Crippen molar-refractivity contribution >= 4 is 0 Å². The zero-order valence-electron chi connectivity index (χ0n) is 6.03. The predicted molar refractivity (Wildman–Crippen MR) is 37.6 cm³/mol. The second-order valence-corrected chi connectivity index (χ2v) is 3.19. The Morgan fingerprint density at radius 2 is 2.30 bits per heavy atom. The van der Waals surface area contributed by atoms with Gasteiger partial charge in [-0.3, -0.25) is 0 Å². The van der Waals surface area contributed by atoms with Crippen molar-refractivity contribution in [1.82, 2.24) is 0 Å². The van der Waals surface area contributed by atoms with Gasteiger partial charge in [-0.05, 0) is 0 Å². The second kappa shape index (κ2) is 2.07. The van der Waals surface area contributed by atoms with Crippen molar-refractivity contribution in [3.8, 4) is 0 Å². The summed E-state index contributed by atoms with van der Waals surface area (Å²) >= 11 is 0. The molecule has 1 saturated heterocycles. The van der Waals surface area contributed by atoms with Crippen LogP contribution in [0.25, 0.3) is 0 Å². The number of aliphatic hydroxyl groups excluding tert-OH is 1. The van der Waals surface area contributed by atoms with Crippen molar-refractivity contribution in [2.24, 2.45) is 5.92 Å². The van der Waals surface area contributed by atoms with Gasteiger partial charge in [0, 0.05) is 12.3 Å². The maximum atomic E-state index is 9.44. The lowest BCUT2D eigenvalue weighted by atomic mass is 9.94. The molecule has 0 aromatic rings. The minimum Gasteiger partial charge on any atom is -0.393 e. The number of hydrogen-bond donors (Lipinski definition) is 1. The molecular weight excluding hydrogens is 128 g/mol. The van der Waals surface area contributed by atoms with Crippen molar-refractivity contribution in [3.63, 3.8) is 0 Å². The quantitative estimate of drug-likeness (QED) is 0.502. The zero-order chi connectivity index (χ0) is 7.14. The van der Waals surface area contributed by atoms with E-state index in [2.05, 4.69) is 12.2 Å². The molecular formula is C8H12O2. The number of ether oxygens (including phenoxy) is 1. The molecule has 2 aliphatic rings. The molecule has 0 spiro atoms. The van der Waals surface area contributed by atoms with Crippen LogP contribution in [0.15, 0.2) is 12.2 Å². The molecule has 1 fully saturated rings. The Balaban J connectivity index is 2.16. The lowest BCUT2D eigenvalue weighted by molar-refractivity contribution is -0.0798. The fraction of sp³-hybridized carbons (Fsp3) is 0.750. The second-order valence-electron chi connectivity index (χ2n) is 3.19. The first-order valence-corrected chi connectivity index (χ1v) is 3.79. The highest BCUT2D eigenvalue weighted by Crippen LogP contribution is 2.31. The van der Waals surface area contributed by atoms with Crippen molar-refractivity contribution in [2.75, 3.05) is 0 Å². The van der Waals surface area contributed by atoms with Crippen LogP contribution in [0, 0.1) is 5.92 Å². The van der Waals surface area contributed by atoms with Gasteiger partial charge in [-0.15, -0.1) is 0 Å². The van der Waals surface area contributed by atoms with E-state index in [4.69, 9.17) is 4.74 Å². The minimum absolute atomic E-state index is 0.168. The summed E-state index contributed by atoms with van der Waals surface area (Å²) in [6, 6.07) is 0. The van der Waals surface area contributed by atoms with Gasteiger partial charge in [0.1, 0.15) is 0 Å². The standard InChI is InChI=1S/C8H12O2/c1-5-7(9)4-6-2-3-8(5)10-6/h2-3,5-9H,4H2,1H3/t5-,6+,7+,8-/m1/s1.